The lowest BCUT2D eigenvalue weighted by Gasteiger charge is -2.26. The van der Waals surface area contributed by atoms with Gasteiger partial charge in [-0.05, 0) is 55.5 Å². The summed E-state index contributed by atoms with van der Waals surface area (Å²) in [5.74, 6) is 0.254. The average Bonchev–Trinajstić information content (AvgIpc) is 3.75. The Balaban J connectivity index is 1.35. The minimum atomic E-state index is -3.51. The largest absolute Gasteiger partial charge is 0.382 e. The molecule has 6 rings (SSSR count). The lowest BCUT2D eigenvalue weighted by molar-refractivity contribution is 0.0937. The molecule has 1 aliphatic heterocycles. The van der Waals surface area contributed by atoms with Crippen LogP contribution in [-0.4, -0.2) is 36.9 Å². The van der Waals surface area contributed by atoms with Gasteiger partial charge in [-0.3, -0.25) is 4.79 Å². The van der Waals surface area contributed by atoms with E-state index < -0.39 is 10.0 Å². The number of anilines is 1. The van der Waals surface area contributed by atoms with E-state index in [-0.39, 0.29) is 22.3 Å². The molecule has 0 bridgehead atoms. The summed E-state index contributed by atoms with van der Waals surface area (Å²) in [6.45, 7) is 0.661. The molecule has 2 heterocycles. The van der Waals surface area contributed by atoms with Crippen LogP contribution in [0.5, 0.6) is 0 Å². The van der Waals surface area contributed by atoms with E-state index in [0.717, 1.165) is 42.4 Å². The third-order valence-corrected chi connectivity index (χ3v) is 8.25. The fourth-order valence-electron chi connectivity index (χ4n) is 4.41. The van der Waals surface area contributed by atoms with Crippen LogP contribution in [0.25, 0.3) is 22.5 Å². The molecule has 1 spiro atoms. The number of amides is 1. The van der Waals surface area contributed by atoms with E-state index >= 15 is 0 Å². The number of nitrogens with one attached hydrogen (secondary N) is 2. The zero-order chi connectivity index (χ0) is 22.8. The van der Waals surface area contributed by atoms with E-state index in [0.29, 0.717) is 29.3 Å². The highest BCUT2D eigenvalue weighted by atomic mass is 32.2. The van der Waals surface area contributed by atoms with Gasteiger partial charge in [0.25, 0.3) is 5.91 Å². The number of aromatic nitrogens is 2. The van der Waals surface area contributed by atoms with Crippen molar-refractivity contribution in [3.63, 3.8) is 0 Å². The van der Waals surface area contributed by atoms with E-state index in [1.165, 1.54) is 0 Å². The molecule has 0 radical (unpaired) electrons. The Morgan fingerprint density at radius 1 is 1.06 bits per heavy atom. The zero-order valence-electron chi connectivity index (χ0n) is 17.8. The Morgan fingerprint density at radius 2 is 1.79 bits per heavy atom. The first kappa shape index (κ1) is 20.3. The molecule has 3 aliphatic rings. The van der Waals surface area contributed by atoms with Gasteiger partial charge < -0.3 is 11.1 Å². The summed E-state index contributed by atoms with van der Waals surface area (Å²) in [6.07, 6.45) is 5.45. The first-order valence-corrected chi connectivity index (χ1v) is 12.5. The van der Waals surface area contributed by atoms with Crippen LogP contribution in [0.2, 0.25) is 0 Å². The predicted octanol–water partition coefficient (Wildman–Crippen LogP) is 2.61. The second-order valence-electron chi connectivity index (χ2n) is 9.13. The van der Waals surface area contributed by atoms with Gasteiger partial charge in [0.05, 0.1) is 16.8 Å². The second-order valence-corrected chi connectivity index (χ2v) is 10.8. The number of nitrogen functional groups attached to an aromatic ring is 1. The SMILES string of the molecule is Nc1ncc(-c2ccc(S(=O)(=O)NC3CC3)cc2)nc1-c1ccc2c(c1)C1(CC1)CNC2=O. The fraction of sp³-hybridized carbons (Fsp3) is 0.292. The number of hydrogen-bond donors (Lipinski definition) is 3. The number of benzene rings is 2. The van der Waals surface area contributed by atoms with Gasteiger partial charge in [0, 0.05) is 34.7 Å². The van der Waals surface area contributed by atoms with Crippen LogP contribution >= 0.6 is 0 Å². The molecule has 3 aromatic rings. The molecular formula is C24H23N5O3S. The summed E-state index contributed by atoms with van der Waals surface area (Å²) in [6, 6.07) is 12.4. The molecule has 1 amide bonds. The molecule has 8 nitrogen and oxygen atoms in total. The maximum atomic E-state index is 12.4. The van der Waals surface area contributed by atoms with Gasteiger partial charge in [0.15, 0.2) is 0 Å². The van der Waals surface area contributed by atoms with Gasteiger partial charge in [-0.2, -0.15) is 0 Å². The summed E-state index contributed by atoms with van der Waals surface area (Å²) >= 11 is 0. The number of nitrogens with two attached hydrogens (primary N) is 1. The Kier molecular flexibility index (Phi) is 4.37. The predicted molar refractivity (Wildman–Crippen MR) is 124 cm³/mol. The summed E-state index contributed by atoms with van der Waals surface area (Å²) in [5, 5.41) is 2.98. The molecule has 4 N–H and O–H groups in total. The summed E-state index contributed by atoms with van der Waals surface area (Å²) in [4.78, 5) is 21.6. The van der Waals surface area contributed by atoms with Gasteiger partial charge >= 0.3 is 0 Å². The van der Waals surface area contributed by atoms with Gasteiger partial charge in [-0.25, -0.2) is 23.1 Å². The Morgan fingerprint density at radius 3 is 2.48 bits per heavy atom. The quantitative estimate of drug-likeness (QED) is 0.536. The topological polar surface area (TPSA) is 127 Å². The highest BCUT2D eigenvalue weighted by molar-refractivity contribution is 7.89. The van der Waals surface area contributed by atoms with E-state index in [4.69, 9.17) is 10.7 Å². The highest BCUT2D eigenvalue weighted by Gasteiger charge is 2.49. The third kappa shape index (κ3) is 3.57. The maximum absolute atomic E-state index is 12.4. The summed E-state index contributed by atoms with van der Waals surface area (Å²) in [7, 11) is -3.51. The van der Waals surface area contributed by atoms with Crippen LogP contribution in [0.15, 0.2) is 53.6 Å². The third-order valence-electron chi connectivity index (χ3n) is 6.71. The Labute approximate surface area is 191 Å². The zero-order valence-corrected chi connectivity index (χ0v) is 18.7. The number of hydrogen-bond acceptors (Lipinski definition) is 6. The van der Waals surface area contributed by atoms with Gasteiger partial charge in [-0.1, -0.05) is 18.2 Å². The van der Waals surface area contributed by atoms with Crippen LogP contribution in [0.4, 0.5) is 5.82 Å². The van der Waals surface area contributed by atoms with Crippen molar-refractivity contribution in [1.29, 1.82) is 0 Å². The molecule has 168 valence electrons. The number of nitrogens with zero attached hydrogens (tertiary/aromatic N) is 2. The van der Waals surface area contributed by atoms with Crippen molar-refractivity contribution in [1.82, 2.24) is 20.0 Å². The van der Waals surface area contributed by atoms with Crippen molar-refractivity contribution in [3.05, 3.63) is 59.8 Å². The molecule has 2 fully saturated rings. The Hall–Kier alpha value is -3.30. The smallest absolute Gasteiger partial charge is 0.251 e. The lowest BCUT2D eigenvalue weighted by Crippen LogP contribution is -2.39. The number of carbonyl (C=O) groups excluding carboxylic acids is 1. The second kappa shape index (κ2) is 7.10. The maximum Gasteiger partial charge on any atom is 0.251 e. The van der Waals surface area contributed by atoms with Crippen LogP contribution < -0.4 is 15.8 Å². The molecule has 0 saturated heterocycles. The van der Waals surface area contributed by atoms with Gasteiger partial charge in [0.1, 0.15) is 11.5 Å². The molecule has 0 unspecified atom stereocenters. The van der Waals surface area contributed by atoms with Gasteiger partial charge in [-0.15, -0.1) is 0 Å². The summed E-state index contributed by atoms with van der Waals surface area (Å²) < 4.78 is 27.5. The molecule has 2 aliphatic carbocycles. The van der Waals surface area contributed by atoms with E-state index in [1.807, 2.05) is 18.2 Å². The molecular weight excluding hydrogens is 438 g/mol. The van der Waals surface area contributed by atoms with Crippen molar-refractivity contribution >= 4 is 21.7 Å². The van der Waals surface area contributed by atoms with E-state index in [1.54, 1.807) is 30.5 Å². The lowest BCUT2D eigenvalue weighted by atomic mass is 9.86. The van der Waals surface area contributed by atoms with E-state index in [9.17, 15) is 13.2 Å². The van der Waals surface area contributed by atoms with Crippen LogP contribution in [0.1, 0.15) is 41.6 Å². The molecule has 2 aromatic carbocycles. The number of carbonyl (C=O) groups is 1. The van der Waals surface area contributed by atoms with Crippen LogP contribution in [-0.2, 0) is 15.4 Å². The first-order valence-electron chi connectivity index (χ1n) is 11.0. The highest BCUT2D eigenvalue weighted by Crippen LogP contribution is 2.51. The first-order chi connectivity index (χ1) is 15.8. The number of fused-ring (bicyclic) bond motifs is 2. The van der Waals surface area contributed by atoms with Crippen molar-refractivity contribution in [3.8, 4) is 22.5 Å². The minimum Gasteiger partial charge on any atom is -0.382 e. The van der Waals surface area contributed by atoms with Crippen molar-refractivity contribution < 1.29 is 13.2 Å². The van der Waals surface area contributed by atoms with Gasteiger partial charge in [0.2, 0.25) is 10.0 Å². The molecule has 2 saturated carbocycles. The number of rotatable bonds is 5. The van der Waals surface area contributed by atoms with Crippen LogP contribution in [0.3, 0.4) is 0 Å². The van der Waals surface area contributed by atoms with Crippen molar-refractivity contribution in [2.24, 2.45) is 0 Å². The number of sulfonamides is 1. The summed E-state index contributed by atoms with van der Waals surface area (Å²) in [5.41, 5.74) is 10.7. The van der Waals surface area contributed by atoms with Crippen LogP contribution in [0, 0.1) is 0 Å². The fourth-order valence-corrected chi connectivity index (χ4v) is 5.71. The van der Waals surface area contributed by atoms with Crippen molar-refractivity contribution in [2.75, 3.05) is 12.3 Å². The minimum absolute atomic E-state index is 0.0227. The molecule has 9 heteroatoms. The standard InChI is InChI=1S/C24H23N5O3S/c25-22-21(15-3-8-18-19(11-15)24(9-10-24)13-27-23(18)30)28-20(12-26-22)14-1-6-17(7-2-14)33(31,32)29-16-4-5-16/h1-3,6-8,11-12,16,29H,4-5,9-10,13H2,(H2,25,26)(H,27,30). The average molecular weight is 462 g/mol. The normalized spacial score (nSPS) is 18.6. The monoisotopic (exact) mass is 461 g/mol. The molecule has 33 heavy (non-hydrogen) atoms. The Bertz CT molecular complexity index is 1390. The van der Waals surface area contributed by atoms with E-state index in [2.05, 4.69) is 15.0 Å². The molecule has 1 aromatic heterocycles. The molecule has 0 atom stereocenters. The van der Waals surface area contributed by atoms with Crippen molar-refractivity contribution in [2.45, 2.75) is 42.0 Å².